The first kappa shape index (κ1) is 18.8. The molecular weight excluding hydrogens is 360 g/mol. The fraction of sp³-hybridized carbons (Fsp3) is 0.250. The molecule has 0 saturated carbocycles. The van der Waals surface area contributed by atoms with Gasteiger partial charge in [0.05, 0.1) is 4.88 Å². The Bertz CT molecular complexity index is 990. The maximum Gasteiger partial charge on any atom is 0.267 e. The number of benzene rings is 1. The molecule has 140 valence electrons. The predicted octanol–water partition coefficient (Wildman–Crippen LogP) is 3.41. The summed E-state index contributed by atoms with van der Waals surface area (Å²) >= 11 is 1.53. The Labute approximate surface area is 162 Å². The third-order valence-corrected chi connectivity index (χ3v) is 5.19. The van der Waals surface area contributed by atoms with Crippen molar-refractivity contribution in [2.75, 3.05) is 24.3 Å². The molecule has 1 N–H and O–H groups in total. The molecule has 0 unspecified atom stereocenters. The van der Waals surface area contributed by atoms with Gasteiger partial charge >= 0.3 is 0 Å². The standard InChI is InChI=1S/C20H22N4O2S/c1-20(2,19(26)21-14-7-9-15(10-8-14)23(3)4)24-18(25)12-11-16(22-24)17-6-5-13-27-17/h5-13H,1-4H3,(H,21,26). The van der Waals surface area contributed by atoms with E-state index in [9.17, 15) is 9.59 Å². The zero-order valence-electron chi connectivity index (χ0n) is 15.8. The van der Waals surface area contributed by atoms with Crippen LogP contribution in [0.15, 0.2) is 58.7 Å². The van der Waals surface area contributed by atoms with Gasteiger partial charge < -0.3 is 10.2 Å². The summed E-state index contributed by atoms with van der Waals surface area (Å²) in [7, 11) is 3.91. The molecule has 2 heterocycles. The number of carbonyl (C=O) groups excluding carboxylic acids is 1. The third-order valence-electron chi connectivity index (χ3n) is 4.30. The van der Waals surface area contributed by atoms with E-state index in [-0.39, 0.29) is 11.5 Å². The molecular formula is C20H22N4O2S. The average molecular weight is 382 g/mol. The second-order valence-electron chi connectivity index (χ2n) is 6.90. The van der Waals surface area contributed by atoms with Gasteiger partial charge in [-0.05, 0) is 55.6 Å². The van der Waals surface area contributed by atoms with Crippen molar-refractivity contribution in [3.8, 4) is 10.6 Å². The Hall–Kier alpha value is -2.93. The largest absolute Gasteiger partial charge is 0.378 e. The van der Waals surface area contributed by atoms with E-state index in [0.717, 1.165) is 10.6 Å². The lowest BCUT2D eigenvalue weighted by Crippen LogP contribution is -2.47. The molecule has 0 spiro atoms. The molecule has 0 aliphatic carbocycles. The molecule has 7 heteroatoms. The Morgan fingerprint density at radius 3 is 2.41 bits per heavy atom. The molecule has 1 aromatic carbocycles. The van der Waals surface area contributed by atoms with Gasteiger partial charge in [0, 0.05) is 31.5 Å². The van der Waals surface area contributed by atoms with E-state index in [2.05, 4.69) is 10.4 Å². The number of nitrogens with one attached hydrogen (secondary N) is 1. The summed E-state index contributed by atoms with van der Waals surface area (Å²) in [4.78, 5) is 28.2. The summed E-state index contributed by atoms with van der Waals surface area (Å²) in [6.45, 7) is 3.37. The number of hydrogen-bond donors (Lipinski definition) is 1. The van der Waals surface area contributed by atoms with Crippen LogP contribution >= 0.6 is 11.3 Å². The van der Waals surface area contributed by atoms with Crippen LogP contribution in [0.3, 0.4) is 0 Å². The SMILES string of the molecule is CN(C)c1ccc(NC(=O)C(C)(C)n2nc(-c3cccs3)ccc2=O)cc1. The number of hydrogen-bond acceptors (Lipinski definition) is 5. The fourth-order valence-corrected chi connectivity index (χ4v) is 3.28. The lowest BCUT2D eigenvalue weighted by molar-refractivity contribution is -0.123. The van der Waals surface area contributed by atoms with Crippen molar-refractivity contribution in [2.24, 2.45) is 0 Å². The van der Waals surface area contributed by atoms with Crippen LogP contribution in [0.5, 0.6) is 0 Å². The van der Waals surface area contributed by atoms with E-state index in [1.165, 1.54) is 22.1 Å². The van der Waals surface area contributed by atoms with Crippen molar-refractivity contribution in [1.29, 1.82) is 0 Å². The van der Waals surface area contributed by atoms with Crippen molar-refractivity contribution >= 4 is 28.6 Å². The first-order chi connectivity index (χ1) is 12.8. The minimum absolute atomic E-state index is 0.307. The van der Waals surface area contributed by atoms with E-state index in [1.807, 2.05) is 60.8 Å². The maximum atomic E-state index is 12.9. The second-order valence-corrected chi connectivity index (χ2v) is 7.85. The van der Waals surface area contributed by atoms with E-state index < -0.39 is 5.54 Å². The minimum atomic E-state index is -1.15. The molecule has 27 heavy (non-hydrogen) atoms. The van der Waals surface area contributed by atoms with Gasteiger partial charge in [-0.1, -0.05) is 6.07 Å². The third kappa shape index (κ3) is 3.93. The van der Waals surface area contributed by atoms with Crippen molar-refractivity contribution in [3.63, 3.8) is 0 Å². The van der Waals surface area contributed by atoms with Gasteiger partial charge in [0.2, 0.25) is 0 Å². The monoisotopic (exact) mass is 382 g/mol. The summed E-state index contributed by atoms with van der Waals surface area (Å²) < 4.78 is 1.24. The number of rotatable bonds is 5. The quantitative estimate of drug-likeness (QED) is 0.734. The molecule has 0 aliphatic heterocycles. The predicted molar refractivity (Wildman–Crippen MR) is 111 cm³/mol. The van der Waals surface area contributed by atoms with Gasteiger partial charge in [0.15, 0.2) is 0 Å². The summed E-state index contributed by atoms with van der Waals surface area (Å²) in [6, 6.07) is 14.5. The van der Waals surface area contributed by atoms with Gasteiger partial charge in [0.25, 0.3) is 11.5 Å². The molecule has 3 rings (SSSR count). The number of thiophene rings is 1. The molecule has 0 bridgehead atoms. The van der Waals surface area contributed by atoms with E-state index in [4.69, 9.17) is 0 Å². The number of nitrogens with zero attached hydrogens (tertiary/aromatic N) is 3. The average Bonchev–Trinajstić information content (AvgIpc) is 3.17. The van der Waals surface area contributed by atoms with Crippen LogP contribution in [-0.2, 0) is 10.3 Å². The van der Waals surface area contributed by atoms with E-state index in [0.29, 0.717) is 11.4 Å². The van der Waals surface area contributed by atoms with Crippen molar-refractivity contribution in [1.82, 2.24) is 9.78 Å². The first-order valence-electron chi connectivity index (χ1n) is 8.52. The van der Waals surface area contributed by atoms with Gasteiger partial charge in [-0.25, -0.2) is 4.68 Å². The Balaban J connectivity index is 1.88. The van der Waals surface area contributed by atoms with Crippen LogP contribution in [0.25, 0.3) is 10.6 Å². The van der Waals surface area contributed by atoms with Gasteiger partial charge in [-0.2, -0.15) is 5.10 Å². The molecule has 0 saturated heterocycles. The molecule has 0 aliphatic rings. The van der Waals surface area contributed by atoms with E-state index >= 15 is 0 Å². The number of carbonyl (C=O) groups is 1. The van der Waals surface area contributed by atoms with Crippen LogP contribution in [0.1, 0.15) is 13.8 Å². The van der Waals surface area contributed by atoms with Crippen LogP contribution in [0, 0.1) is 0 Å². The summed E-state index contributed by atoms with van der Waals surface area (Å²) in [5.41, 5.74) is 0.902. The molecule has 0 fully saturated rings. The van der Waals surface area contributed by atoms with E-state index in [1.54, 1.807) is 19.9 Å². The van der Waals surface area contributed by atoms with Crippen LogP contribution in [0.2, 0.25) is 0 Å². The number of aromatic nitrogens is 2. The van der Waals surface area contributed by atoms with Crippen molar-refractivity contribution in [3.05, 3.63) is 64.3 Å². The molecule has 2 aromatic heterocycles. The Kier molecular flexibility index (Phi) is 5.14. The summed E-state index contributed by atoms with van der Waals surface area (Å²) in [5.74, 6) is -0.307. The summed E-state index contributed by atoms with van der Waals surface area (Å²) in [6.07, 6.45) is 0. The molecule has 3 aromatic rings. The smallest absolute Gasteiger partial charge is 0.267 e. The van der Waals surface area contributed by atoms with Crippen LogP contribution < -0.4 is 15.8 Å². The van der Waals surface area contributed by atoms with Gasteiger partial charge in [-0.3, -0.25) is 9.59 Å². The number of amides is 1. The molecule has 1 amide bonds. The summed E-state index contributed by atoms with van der Waals surface area (Å²) in [5, 5.41) is 9.25. The minimum Gasteiger partial charge on any atom is -0.378 e. The van der Waals surface area contributed by atoms with Crippen LogP contribution in [-0.4, -0.2) is 29.8 Å². The Morgan fingerprint density at radius 2 is 1.81 bits per heavy atom. The van der Waals surface area contributed by atoms with Gasteiger partial charge in [-0.15, -0.1) is 11.3 Å². The lowest BCUT2D eigenvalue weighted by Gasteiger charge is -2.25. The lowest BCUT2D eigenvalue weighted by atomic mass is 10.0. The molecule has 0 radical (unpaired) electrons. The highest BCUT2D eigenvalue weighted by Gasteiger charge is 2.32. The molecule has 0 atom stereocenters. The zero-order chi connectivity index (χ0) is 19.6. The highest BCUT2D eigenvalue weighted by Crippen LogP contribution is 2.23. The van der Waals surface area contributed by atoms with Crippen molar-refractivity contribution in [2.45, 2.75) is 19.4 Å². The number of anilines is 2. The fourth-order valence-electron chi connectivity index (χ4n) is 2.59. The van der Waals surface area contributed by atoms with Crippen molar-refractivity contribution < 1.29 is 4.79 Å². The maximum absolute atomic E-state index is 12.9. The topological polar surface area (TPSA) is 67.2 Å². The first-order valence-corrected chi connectivity index (χ1v) is 9.40. The highest BCUT2D eigenvalue weighted by atomic mass is 32.1. The highest BCUT2D eigenvalue weighted by molar-refractivity contribution is 7.13. The molecule has 6 nitrogen and oxygen atoms in total. The Morgan fingerprint density at radius 1 is 1.11 bits per heavy atom. The van der Waals surface area contributed by atoms with Crippen LogP contribution in [0.4, 0.5) is 11.4 Å². The second kappa shape index (κ2) is 7.36. The zero-order valence-corrected chi connectivity index (χ0v) is 16.6. The normalized spacial score (nSPS) is 11.3. The van der Waals surface area contributed by atoms with Gasteiger partial charge in [0.1, 0.15) is 11.2 Å².